The minimum atomic E-state index is 0. The normalized spacial score (nSPS) is 10.2. The summed E-state index contributed by atoms with van der Waals surface area (Å²) in [6.45, 7) is 4.46. The van der Waals surface area contributed by atoms with Gasteiger partial charge in [-0.3, -0.25) is 0 Å². The summed E-state index contributed by atoms with van der Waals surface area (Å²) >= 11 is 0. The Labute approximate surface area is 127 Å². The fourth-order valence-corrected chi connectivity index (χ4v) is 2.12. The van der Waals surface area contributed by atoms with Gasteiger partial charge in [-0.25, -0.2) is 4.57 Å². The molecule has 0 bridgehead atoms. The van der Waals surface area contributed by atoms with E-state index in [2.05, 4.69) is 73.1 Å². The van der Waals surface area contributed by atoms with Crippen LogP contribution in [0.3, 0.4) is 0 Å². The molecule has 1 aromatic carbocycles. The molecule has 0 saturated carbocycles. The highest BCUT2D eigenvalue weighted by Crippen LogP contribution is 2.05. The number of nitrogens with zero attached hydrogens (tertiary/aromatic N) is 1. The van der Waals surface area contributed by atoms with Crippen LogP contribution in [-0.4, -0.2) is 0 Å². The summed E-state index contributed by atoms with van der Waals surface area (Å²) in [5.41, 5.74) is 2.82. The first-order valence-corrected chi connectivity index (χ1v) is 6.30. The van der Waals surface area contributed by atoms with Crippen LogP contribution in [0, 0.1) is 0 Å². The van der Waals surface area contributed by atoms with Crippen molar-refractivity contribution in [1.29, 1.82) is 0 Å². The molecule has 0 radical (unpaired) electrons. The molecule has 0 aliphatic heterocycles. The zero-order chi connectivity index (χ0) is 12.1. The third-order valence-corrected chi connectivity index (χ3v) is 3.05. The van der Waals surface area contributed by atoms with Crippen LogP contribution >= 0.6 is 0 Å². The SMILES string of the molecule is CC(C)[n+]1ccccc1CCc1ccccc1.[I-]. The maximum atomic E-state index is 2.35. The van der Waals surface area contributed by atoms with Crippen LogP contribution in [0.1, 0.15) is 31.1 Å². The van der Waals surface area contributed by atoms with Crippen molar-refractivity contribution in [3.05, 3.63) is 66.0 Å². The van der Waals surface area contributed by atoms with Crippen molar-refractivity contribution in [2.24, 2.45) is 0 Å². The molecule has 96 valence electrons. The van der Waals surface area contributed by atoms with Crippen molar-refractivity contribution in [2.45, 2.75) is 32.7 Å². The van der Waals surface area contributed by atoms with Gasteiger partial charge in [0, 0.05) is 18.6 Å². The summed E-state index contributed by atoms with van der Waals surface area (Å²) in [5, 5.41) is 0. The van der Waals surface area contributed by atoms with Gasteiger partial charge in [0.05, 0.1) is 0 Å². The monoisotopic (exact) mass is 353 g/mol. The number of hydrogen-bond acceptors (Lipinski definition) is 0. The lowest BCUT2D eigenvalue weighted by atomic mass is 10.1. The lowest BCUT2D eigenvalue weighted by Gasteiger charge is -2.06. The van der Waals surface area contributed by atoms with Crippen LogP contribution in [-0.2, 0) is 12.8 Å². The van der Waals surface area contributed by atoms with Crippen LogP contribution in [0.5, 0.6) is 0 Å². The van der Waals surface area contributed by atoms with Crippen LogP contribution in [0.15, 0.2) is 54.7 Å². The highest BCUT2D eigenvalue weighted by molar-refractivity contribution is 5.15. The molecule has 0 amide bonds. The first-order chi connectivity index (χ1) is 8.27. The maximum absolute atomic E-state index is 2.35. The van der Waals surface area contributed by atoms with Gasteiger partial charge in [0.15, 0.2) is 17.9 Å². The summed E-state index contributed by atoms with van der Waals surface area (Å²) < 4.78 is 2.35. The van der Waals surface area contributed by atoms with Gasteiger partial charge in [-0.05, 0) is 25.8 Å². The van der Waals surface area contributed by atoms with Crippen molar-refractivity contribution in [1.82, 2.24) is 0 Å². The third-order valence-electron chi connectivity index (χ3n) is 3.05. The van der Waals surface area contributed by atoms with E-state index in [0.29, 0.717) is 6.04 Å². The van der Waals surface area contributed by atoms with Crippen molar-refractivity contribution in [3.8, 4) is 0 Å². The number of aryl methyl sites for hydroxylation is 2. The smallest absolute Gasteiger partial charge is 0.181 e. The minimum absolute atomic E-state index is 0. The van der Waals surface area contributed by atoms with Gasteiger partial charge in [-0.15, -0.1) is 0 Å². The molecule has 1 nitrogen and oxygen atoms in total. The molecule has 0 aliphatic rings. The van der Waals surface area contributed by atoms with Gasteiger partial charge in [-0.1, -0.05) is 36.4 Å². The number of benzene rings is 1. The first kappa shape index (κ1) is 15.2. The number of pyridine rings is 1. The Kier molecular flexibility index (Phi) is 6.33. The van der Waals surface area contributed by atoms with Crippen LogP contribution in [0.4, 0.5) is 0 Å². The van der Waals surface area contributed by atoms with Crippen LogP contribution in [0.25, 0.3) is 0 Å². The molecule has 0 saturated heterocycles. The molecule has 18 heavy (non-hydrogen) atoms. The van der Waals surface area contributed by atoms with E-state index >= 15 is 0 Å². The van der Waals surface area contributed by atoms with Crippen molar-refractivity contribution in [2.75, 3.05) is 0 Å². The second-order valence-corrected chi connectivity index (χ2v) is 4.68. The molecule has 1 aromatic heterocycles. The summed E-state index contributed by atoms with van der Waals surface area (Å²) in [5.74, 6) is 0. The molecule has 0 atom stereocenters. The average Bonchev–Trinajstić information content (AvgIpc) is 2.38. The van der Waals surface area contributed by atoms with Crippen molar-refractivity contribution in [3.63, 3.8) is 0 Å². The highest BCUT2D eigenvalue weighted by atomic mass is 127. The van der Waals surface area contributed by atoms with E-state index in [-0.39, 0.29) is 24.0 Å². The van der Waals surface area contributed by atoms with E-state index in [9.17, 15) is 0 Å². The van der Waals surface area contributed by atoms with E-state index in [1.807, 2.05) is 0 Å². The predicted molar refractivity (Wildman–Crippen MR) is 70.9 cm³/mol. The molecule has 2 rings (SSSR count). The highest BCUT2D eigenvalue weighted by Gasteiger charge is 2.12. The van der Waals surface area contributed by atoms with E-state index in [1.165, 1.54) is 11.3 Å². The standard InChI is InChI=1S/C16H20N.HI/c1-14(2)17-13-7-6-10-16(17)12-11-15-8-4-3-5-9-15;/h3-10,13-14H,11-12H2,1-2H3;1H/q+1;/p-1. The van der Waals surface area contributed by atoms with Gasteiger partial charge < -0.3 is 24.0 Å². The lowest BCUT2D eigenvalue weighted by molar-refractivity contribution is -0.723. The Balaban J connectivity index is 0.00000162. The Morgan fingerprint density at radius 3 is 2.22 bits per heavy atom. The number of hydrogen-bond donors (Lipinski definition) is 0. The van der Waals surface area contributed by atoms with E-state index in [4.69, 9.17) is 0 Å². The zero-order valence-corrected chi connectivity index (χ0v) is 13.2. The number of rotatable bonds is 4. The van der Waals surface area contributed by atoms with Crippen molar-refractivity contribution >= 4 is 0 Å². The average molecular weight is 353 g/mol. The fraction of sp³-hybridized carbons (Fsp3) is 0.312. The summed E-state index contributed by atoms with van der Waals surface area (Å²) in [6, 6.07) is 17.7. The van der Waals surface area contributed by atoms with Gasteiger partial charge in [0.2, 0.25) is 0 Å². The molecule has 0 spiro atoms. The molecule has 0 aliphatic carbocycles. The largest absolute Gasteiger partial charge is 1.00 e. The summed E-state index contributed by atoms with van der Waals surface area (Å²) in [4.78, 5) is 0. The molecule has 0 unspecified atom stereocenters. The van der Waals surface area contributed by atoms with Gasteiger partial charge >= 0.3 is 0 Å². The minimum Gasteiger partial charge on any atom is -1.00 e. The Hall–Kier alpha value is -0.900. The van der Waals surface area contributed by atoms with Gasteiger partial charge in [0.1, 0.15) is 0 Å². The molecular formula is C16H20IN. The van der Waals surface area contributed by atoms with E-state index < -0.39 is 0 Å². The first-order valence-electron chi connectivity index (χ1n) is 6.30. The van der Waals surface area contributed by atoms with Gasteiger partial charge in [0.25, 0.3) is 0 Å². The van der Waals surface area contributed by atoms with Crippen LogP contribution < -0.4 is 28.5 Å². The van der Waals surface area contributed by atoms with Crippen molar-refractivity contribution < 1.29 is 28.5 Å². The molecule has 1 heterocycles. The zero-order valence-electron chi connectivity index (χ0n) is 11.0. The molecular weight excluding hydrogens is 333 g/mol. The van der Waals surface area contributed by atoms with Crippen LogP contribution in [0.2, 0.25) is 0 Å². The second kappa shape index (κ2) is 7.52. The Bertz CT molecular complexity index is 466. The van der Waals surface area contributed by atoms with Gasteiger partial charge in [-0.2, -0.15) is 0 Å². The van der Waals surface area contributed by atoms with E-state index in [0.717, 1.165) is 12.8 Å². The Morgan fingerprint density at radius 2 is 1.56 bits per heavy atom. The van der Waals surface area contributed by atoms with E-state index in [1.54, 1.807) is 0 Å². The predicted octanol–water partition coefficient (Wildman–Crippen LogP) is 0.344. The number of aromatic nitrogens is 1. The number of halogens is 1. The fourth-order valence-electron chi connectivity index (χ4n) is 2.12. The molecule has 0 N–H and O–H groups in total. The third kappa shape index (κ3) is 4.09. The maximum Gasteiger partial charge on any atom is 0.181 e. The molecule has 2 heteroatoms. The topological polar surface area (TPSA) is 3.88 Å². The summed E-state index contributed by atoms with van der Waals surface area (Å²) in [6.07, 6.45) is 4.38. The molecule has 0 fully saturated rings. The molecule has 2 aromatic rings. The summed E-state index contributed by atoms with van der Waals surface area (Å²) in [7, 11) is 0. The Morgan fingerprint density at radius 1 is 0.889 bits per heavy atom. The second-order valence-electron chi connectivity index (χ2n) is 4.68. The quantitative estimate of drug-likeness (QED) is 0.552. The lowest BCUT2D eigenvalue weighted by Crippen LogP contribution is -3.00.